The highest BCUT2D eigenvalue weighted by molar-refractivity contribution is 5.72. The fourth-order valence-corrected chi connectivity index (χ4v) is 1.83. The number of aromatic hydroxyl groups is 1. The van der Waals surface area contributed by atoms with Crippen LogP contribution in [0.4, 0.5) is 11.4 Å². The highest BCUT2D eigenvalue weighted by atomic mass is 16.5. The number of anilines is 1. The second-order valence-electron chi connectivity index (χ2n) is 4.79. The van der Waals surface area contributed by atoms with Crippen molar-refractivity contribution in [2.75, 3.05) is 19.0 Å². The van der Waals surface area contributed by atoms with Gasteiger partial charge in [0.1, 0.15) is 7.05 Å². The van der Waals surface area contributed by atoms with Gasteiger partial charge in [0.25, 0.3) is 11.9 Å². The molecule has 1 heterocycles. The predicted molar refractivity (Wildman–Crippen MR) is 78.5 cm³/mol. The third-order valence-electron chi connectivity index (χ3n) is 3.03. The molecule has 0 fully saturated rings. The number of rotatable bonds is 3. The molecule has 2 rings (SSSR count). The topological polar surface area (TPSA) is 53.4 Å². The molecule has 0 spiro atoms. The molecular formula is C15H18N3O2+. The maximum absolute atomic E-state index is 12.1. The Kier molecular flexibility index (Phi) is 3.89. The Balaban J connectivity index is 2.30. The molecule has 0 amide bonds. The van der Waals surface area contributed by atoms with Crippen LogP contribution in [0.5, 0.6) is 5.75 Å². The second kappa shape index (κ2) is 5.61. The molecule has 0 radical (unpaired) electrons. The van der Waals surface area contributed by atoms with E-state index in [1.165, 1.54) is 6.21 Å². The molecule has 5 nitrogen and oxygen atoms in total. The maximum Gasteiger partial charge on any atom is 0.270 e. The van der Waals surface area contributed by atoms with Crippen molar-refractivity contribution in [3.05, 3.63) is 53.5 Å². The lowest BCUT2D eigenvalue weighted by molar-refractivity contribution is -0.674. The van der Waals surface area contributed by atoms with Gasteiger partial charge in [-0.05, 0) is 18.2 Å². The van der Waals surface area contributed by atoms with Crippen molar-refractivity contribution in [2.45, 2.75) is 0 Å². The Labute approximate surface area is 118 Å². The van der Waals surface area contributed by atoms with Crippen molar-refractivity contribution in [1.29, 1.82) is 0 Å². The van der Waals surface area contributed by atoms with E-state index in [-0.39, 0.29) is 5.75 Å². The van der Waals surface area contributed by atoms with Crippen LogP contribution in [0.3, 0.4) is 0 Å². The number of pyridine rings is 1. The molecule has 5 heteroatoms. The number of nitrogens with zero attached hydrogens (tertiary/aromatic N) is 3. The van der Waals surface area contributed by atoms with Crippen LogP contribution in [0.15, 0.2) is 42.6 Å². The molecule has 0 saturated carbocycles. The van der Waals surface area contributed by atoms with Gasteiger partial charge in [-0.2, -0.15) is 9.31 Å². The summed E-state index contributed by atoms with van der Waals surface area (Å²) in [5.74, 6) is 0.164. The highest BCUT2D eigenvalue weighted by Gasteiger charge is 2.10. The van der Waals surface area contributed by atoms with Crippen LogP contribution in [-0.2, 0) is 7.05 Å². The average molecular weight is 272 g/mol. The first-order valence-electron chi connectivity index (χ1n) is 6.24. The zero-order chi connectivity index (χ0) is 14.7. The molecule has 0 aliphatic rings. The third kappa shape index (κ3) is 3.06. The van der Waals surface area contributed by atoms with Gasteiger partial charge >= 0.3 is 0 Å². The zero-order valence-electron chi connectivity index (χ0n) is 11.8. The summed E-state index contributed by atoms with van der Waals surface area (Å²) >= 11 is 0. The molecule has 0 aliphatic heterocycles. The second-order valence-corrected chi connectivity index (χ2v) is 4.79. The first kappa shape index (κ1) is 13.9. The molecule has 0 saturated heterocycles. The monoisotopic (exact) mass is 272 g/mol. The standard InChI is InChI=1S/C15H17N3O2/c1-16(2)12-4-6-13(7-5-12)18(20)10-14-8-9-15(19)11-17(14)3/h4-11H,1-3H3/p+1. The summed E-state index contributed by atoms with van der Waals surface area (Å²) < 4.78 is 2.50. The van der Waals surface area contributed by atoms with E-state index < -0.39 is 0 Å². The van der Waals surface area contributed by atoms with E-state index >= 15 is 0 Å². The first-order chi connectivity index (χ1) is 9.47. The van der Waals surface area contributed by atoms with Gasteiger partial charge in [0.2, 0.25) is 11.9 Å². The SMILES string of the molecule is CN(C)c1ccc(/[N+]([O-])=C/c2ccc(O)c[n+]2C)cc1. The number of hydrogen-bond acceptors (Lipinski definition) is 3. The lowest BCUT2D eigenvalue weighted by Gasteiger charge is -2.12. The summed E-state index contributed by atoms with van der Waals surface area (Å²) in [4.78, 5) is 1.97. The molecule has 1 N–H and O–H groups in total. The van der Waals surface area contributed by atoms with E-state index in [0.29, 0.717) is 11.4 Å². The van der Waals surface area contributed by atoms with Crippen LogP contribution < -0.4 is 9.47 Å². The summed E-state index contributed by atoms with van der Waals surface area (Å²) in [5.41, 5.74) is 2.30. The number of hydrogen-bond donors (Lipinski definition) is 1. The van der Waals surface area contributed by atoms with Crippen LogP contribution in [0.2, 0.25) is 0 Å². The Hall–Kier alpha value is -2.56. The van der Waals surface area contributed by atoms with Crippen molar-refractivity contribution in [3.63, 3.8) is 0 Å². The van der Waals surface area contributed by atoms with Gasteiger partial charge in [-0.25, -0.2) is 0 Å². The molecule has 1 aromatic heterocycles. The van der Waals surface area contributed by atoms with Crippen molar-refractivity contribution >= 4 is 17.6 Å². The molecule has 2 aromatic rings. The van der Waals surface area contributed by atoms with Crippen molar-refractivity contribution < 1.29 is 14.4 Å². The average Bonchev–Trinajstić information content (AvgIpc) is 2.42. The minimum absolute atomic E-state index is 0.164. The minimum atomic E-state index is 0.164. The molecule has 0 aliphatic carbocycles. The zero-order valence-corrected chi connectivity index (χ0v) is 11.8. The van der Waals surface area contributed by atoms with Gasteiger partial charge in [-0.3, -0.25) is 0 Å². The Morgan fingerprint density at radius 3 is 2.35 bits per heavy atom. The van der Waals surface area contributed by atoms with E-state index in [4.69, 9.17) is 0 Å². The molecule has 20 heavy (non-hydrogen) atoms. The van der Waals surface area contributed by atoms with Crippen LogP contribution in [-0.4, -0.2) is 30.2 Å². The van der Waals surface area contributed by atoms with Gasteiger partial charge in [0.05, 0.1) is 0 Å². The Morgan fingerprint density at radius 2 is 1.80 bits per heavy atom. The Bertz CT molecular complexity index is 634. The van der Waals surface area contributed by atoms with Crippen LogP contribution in [0, 0.1) is 5.21 Å². The molecule has 1 aromatic carbocycles. The van der Waals surface area contributed by atoms with Crippen LogP contribution in [0.1, 0.15) is 5.69 Å². The third-order valence-corrected chi connectivity index (χ3v) is 3.03. The van der Waals surface area contributed by atoms with E-state index in [2.05, 4.69) is 0 Å². The minimum Gasteiger partial charge on any atom is -0.618 e. The van der Waals surface area contributed by atoms with Gasteiger partial charge in [-0.15, -0.1) is 0 Å². The fourth-order valence-electron chi connectivity index (χ4n) is 1.83. The normalized spacial score (nSPS) is 11.4. The molecule has 0 atom stereocenters. The summed E-state index contributed by atoms with van der Waals surface area (Å²) in [6, 6.07) is 10.6. The lowest BCUT2D eigenvalue weighted by atomic mass is 10.2. The van der Waals surface area contributed by atoms with E-state index in [0.717, 1.165) is 10.4 Å². The summed E-state index contributed by atoms with van der Waals surface area (Å²) in [6.07, 6.45) is 3.03. The summed E-state index contributed by atoms with van der Waals surface area (Å²) in [7, 11) is 5.67. The van der Waals surface area contributed by atoms with Crippen molar-refractivity contribution in [1.82, 2.24) is 0 Å². The summed E-state index contributed by atoms with van der Waals surface area (Å²) in [5, 5.41) is 21.4. The first-order valence-corrected chi connectivity index (χ1v) is 6.24. The molecule has 0 bridgehead atoms. The van der Waals surface area contributed by atoms with Crippen molar-refractivity contribution in [2.24, 2.45) is 7.05 Å². The van der Waals surface area contributed by atoms with Crippen LogP contribution in [0.25, 0.3) is 0 Å². The predicted octanol–water partition coefficient (Wildman–Crippen LogP) is 1.54. The Morgan fingerprint density at radius 1 is 1.15 bits per heavy atom. The molecule has 104 valence electrons. The highest BCUT2D eigenvalue weighted by Crippen LogP contribution is 2.17. The van der Waals surface area contributed by atoms with Gasteiger partial charge in [0.15, 0.2) is 5.75 Å². The van der Waals surface area contributed by atoms with E-state index in [1.54, 1.807) is 42.1 Å². The number of benzene rings is 1. The summed E-state index contributed by atoms with van der Waals surface area (Å²) in [6.45, 7) is 0. The van der Waals surface area contributed by atoms with Gasteiger partial charge in [0, 0.05) is 38.0 Å². The van der Waals surface area contributed by atoms with Crippen molar-refractivity contribution in [3.8, 4) is 5.75 Å². The smallest absolute Gasteiger partial charge is 0.270 e. The van der Waals surface area contributed by atoms with Gasteiger partial charge < -0.3 is 15.2 Å². The molecule has 0 unspecified atom stereocenters. The fraction of sp³-hybridized carbons (Fsp3) is 0.200. The number of aryl methyl sites for hydroxylation is 1. The quantitative estimate of drug-likeness (QED) is 0.399. The van der Waals surface area contributed by atoms with E-state index in [1.807, 2.05) is 31.1 Å². The lowest BCUT2D eigenvalue weighted by Crippen LogP contribution is -2.33. The van der Waals surface area contributed by atoms with E-state index in [9.17, 15) is 10.3 Å². The maximum atomic E-state index is 12.1. The van der Waals surface area contributed by atoms with Gasteiger partial charge in [-0.1, -0.05) is 0 Å². The van der Waals surface area contributed by atoms with Crippen LogP contribution >= 0.6 is 0 Å². The largest absolute Gasteiger partial charge is 0.618 e. The molecular weight excluding hydrogens is 254 g/mol. The number of aromatic nitrogens is 1.